The quantitative estimate of drug-likeness (QED) is 0.578. The summed E-state index contributed by atoms with van der Waals surface area (Å²) in [4.78, 5) is 1.88. The van der Waals surface area contributed by atoms with Crippen LogP contribution >= 0.6 is 0 Å². The number of halogens is 1. The zero-order chi connectivity index (χ0) is 10.2. The first-order valence-corrected chi connectivity index (χ1v) is 6.70. The Balaban J connectivity index is 0.00000196. The van der Waals surface area contributed by atoms with Crippen LogP contribution < -0.4 is 17.3 Å². The van der Waals surface area contributed by atoms with Gasteiger partial charge in [-0.1, -0.05) is 33.1 Å². The molecule has 0 radical (unpaired) electrons. The number of piperidine rings is 1. The van der Waals surface area contributed by atoms with Gasteiger partial charge in [0, 0.05) is 0 Å². The van der Waals surface area contributed by atoms with Crippen LogP contribution in [0.3, 0.4) is 0 Å². The molecule has 2 heteroatoms. The summed E-state index contributed by atoms with van der Waals surface area (Å²) >= 11 is 0. The van der Waals surface area contributed by atoms with Crippen molar-refractivity contribution in [1.29, 1.82) is 0 Å². The second-order valence-electron chi connectivity index (χ2n) is 4.91. The predicted octanol–water partition coefficient (Wildman–Crippen LogP) is -0.724. The van der Waals surface area contributed by atoms with Crippen molar-refractivity contribution in [2.75, 3.05) is 19.6 Å². The van der Waals surface area contributed by atoms with Gasteiger partial charge in [-0.05, 0) is 31.6 Å². The van der Waals surface area contributed by atoms with E-state index in [-0.39, 0.29) is 12.4 Å². The van der Waals surface area contributed by atoms with E-state index in [2.05, 4.69) is 13.8 Å². The third-order valence-electron chi connectivity index (χ3n) is 3.77. The molecular weight excluding hydrogens is 206 g/mol. The maximum Gasteiger partial charge on any atom is 0.0773 e. The van der Waals surface area contributed by atoms with Crippen LogP contribution in [0.2, 0.25) is 0 Å². The fraction of sp³-hybridized carbons (Fsp3) is 1.00. The van der Waals surface area contributed by atoms with Crippen LogP contribution in [0.4, 0.5) is 0 Å². The highest BCUT2D eigenvalue weighted by Crippen LogP contribution is 2.12. The summed E-state index contributed by atoms with van der Waals surface area (Å²) in [5.41, 5.74) is 0. The summed E-state index contributed by atoms with van der Waals surface area (Å²) in [6, 6.07) is 0. The lowest BCUT2D eigenvalue weighted by Crippen LogP contribution is -3.13. The molecule has 1 rings (SSSR count). The van der Waals surface area contributed by atoms with Gasteiger partial charge in [0.1, 0.15) is 0 Å². The average molecular weight is 234 g/mol. The van der Waals surface area contributed by atoms with Crippen LogP contribution in [0.15, 0.2) is 0 Å². The first kappa shape index (κ1) is 15.2. The molecule has 0 atom stereocenters. The first-order valence-electron chi connectivity index (χ1n) is 6.70. The fourth-order valence-corrected chi connectivity index (χ4v) is 2.55. The van der Waals surface area contributed by atoms with Crippen molar-refractivity contribution in [1.82, 2.24) is 0 Å². The maximum absolute atomic E-state index is 2.34. The molecule has 0 bridgehead atoms. The van der Waals surface area contributed by atoms with E-state index < -0.39 is 0 Å². The molecule has 15 heavy (non-hydrogen) atoms. The van der Waals surface area contributed by atoms with Crippen molar-refractivity contribution in [2.24, 2.45) is 5.92 Å². The Labute approximate surface area is 102 Å². The standard InChI is InChI=1S/C13H27N.ClH/c1-3-5-6-7-10-14-11-8-13(4-2)9-12-14;/h13H,3-12H2,1-2H3;1H. The zero-order valence-electron chi connectivity index (χ0n) is 10.5. The Morgan fingerprint density at radius 1 is 1.00 bits per heavy atom. The monoisotopic (exact) mass is 233 g/mol. The molecule has 1 heterocycles. The van der Waals surface area contributed by atoms with Gasteiger partial charge >= 0.3 is 0 Å². The molecule has 0 amide bonds. The summed E-state index contributed by atoms with van der Waals surface area (Å²) < 4.78 is 0. The van der Waals surface area contributed by atoms with Crippen molar-refractivity contribution < 1.29 is 17.3 Å². The minimum absolute atomic E-state index is 0. The van der Waals surface area contributed by atoms with Crippen LogP contribution in [0.1, 0.15) is 58.8 Å². The average Bonchev–Trinajstić information content (AvgIpc) is 2.25. The molecule has 1 N–H and O–H groups in total. The number of hydrogen-bond donors (Lipinski definition) is 1. The van der Waals surface area contributed by atoms with E-state index in [1.54, 1.807) is 0 Å². The first-order chi connectivity index (χ1) is 6.86. The highest BCUT2D eigenvalue weighted by molar-refractivity contribution is 4.59. The van der Waals surface area contributed by atoms with Crippen molar-refractivity contribution in [3.8, 4) is 0 Å². The van der Waals surface area contributed by atoms with Gasteiger partial charge in [-0.15, -0.1) is 0 Å². The van der Waals surface area contributed by atoms with E-state index in [0.717, 1.165) is 5.92 Å². The van der Waals surface area contributed by atoms with Crippen molar-refractivity contribution in [3.63, 3.8) is 0 Å². The fourth-order valence-electron chi connectivity index (χ4n) is 2.55. The minimum atomic E-state index is 0. The molecule has 0 aromatic rings. The smallest absolute Gasteiger partial charge is 0.0773 e. The normalized spacial score (nSPS) is 26.0. The molecule has 1 nitrogen and oxygen atoms in total. The van der Waals surface area contributed by atoms with E-state index in [0.29, 0.717) is 0 Å². The van der Waals surface area contributed by atoms with Gasteiger partial charge in [-0.2, -0.15) is 0 Å². The molecule has 1 aliphatic heterocycles. The van der Waals surface area contributed by atoms with Crippen molar-refractivity contribution in [3.05, 3.63) is 0 Å². The van der Waals surface area contributed by atoms with E-state index in [1.807, 2.05) is 4.90 Å². The van der Waals surface area contributed by atoms with E-state index in [1.165, 1.54) is 64.6 Å². The van der Waals surface area contributed by atoms with E-state index in [9.17, 15) is 0 Å². The second-order valence-corrected chi connectivity index (χ2v) is 4.91. The van der Waals surface area contributed by atoms with Crippen LogP contribution in [-0.2, 0) is 0 Å². The summed E-state index contributed by atoms with van der Waals surface area (Å²) in [7, 11) is 0. The summed E-state index contributed by atoms with van der Waals surface area (Å²) in [6.45, 7) is 8.97. The van der Waals surface area contributed by atoms with Crippen LogP contribution in [0.25, 0.3) is 0 Å². The third-order valence-corrected chi connectivity index (χ3v) is 3.77. The van der Waals surface area contributed by atoms with Gasteiger partial charge in [-0.25, -0.2) is 0 Å². The number of hydrogen-bond acceptors (Lipinski definition) is 0. The molecule has 0 unspecified atom stereocenters. The summed E-state index contributed by atoms with van der Waals surface area (Å²) in [5.74, 6) is 1.05. The largest absolute Gasteiger partial charge is 1.00 e. The lowest BCUT2D eigenvalue weighted by atomic mass is 9.94. The van der Waals surface area contributed by atoms with Gasteiger partial charge in [0.05, 0.1) is 19.6 Å². The number of unbranched alkanes of at least 4 members (excludes halogenated alkanes) is 3. The Hall–Kier alpha value is 0.250. The van der Waals surface area contributed by atoms with Gasteiger partial charge in [0.2, 0.25) is 0 Å². The Morgan fingerprint density at radius 2 is 1.67 bits per heavy atom. The van der Waals surface area contributed by atoms with E-state index in [4.69, 9.17) is 0 Å². The minimum Gasteiger partial charge on any atom is -1.00 e. The Bertz CT molecular complexity index is 130. The molecule has 0 aliphatic carbocycles. The molecule has 0 aromatic carbocycles. The molecule has 0 spiro atoms. The van der Waals surface area contributed by atoms with E-state index >= 15 is 0 Å². The number of likely N-dealkylation sites (tertiary alicyclic amines) is 1. The highest BCUT2D eigenvalue weighted by atomic mass is 35.5. The SMILES string of the molecule is CCCCCC[NH+]1CCC(CC)CC1.[Cl-]. The maximum atomic E-state index is 2.34. The van der Waals surface area contributed by atoms with Gasteiger partial charge < -0.3 is 17.3 Å². The predicted molar refractivity (Wildman–Crippen MR) is 62.7 cm³/mol. The Morgan fingerprint density at radius 3 is 2.20 bits per heavy atom. The molecule has 1 saturated heterocycles. The van der Waals surface area contributed by atoms with Gasteiger partial charge in [0.25, 0.3) is 0 Å². The number of rotatable bonds is 6. The zero-order valence-corrected chi connectivity index (χ0v) is 11.3. The van der Waals surface area contributed by atoms with Gasteiger partial charge in [0.15, 0.2) is 0 Å². The van der Waals surface area contributed by atoms with Crippen LogP contribution in [0, 0.1) is 5.92 Å². The molecule has 1 fully saturated rings. The van der Waals surface area contributed by atoms with Crippen molar-refractivity contribution >= 4 is 0 Å². The summed E-state index contributed by atoms with van der Waals surface area (Å²) in [5, 5.41) is 0. The molecule has 92 valence electrons. The topological polar surface area (TPSA) is 4.44 Å². The molecular formula is C13H28ClN. The lowest BCUT2D eigenvalue weighted by Gasteiger charge is -2.28. The third kappa shape index (κ3) is 6.42. The molecule has 0 aromatic heterocycles. The second kappa shape index (κ2) is 9.47. The molecule has 0 saturated carbocycles. The Kier molecular flexibility index (Phi) is 9.63. The highest BCUT2D eigenvalue weighted by Gasteiger charge is 2.19. The summed E-state index contributed by atoms with van der Waals surface area (Å²) in [6.07, 6.45) is 10.1. The van der Waals surface area contributed by atoms with Crippen LogP contribution in [0.5, 0.6) is 0 Å². The van der Waals surface area contributed by atoms with Crippen LogP contribution in [-0.4, -0.2) is 19.6 Å². The lowest BCUT2D eigenvalue weighted by molar-refractivity contribution is -0.906. The molecule has 1 aliphatic rings. The van der Waals surface area contributed by atoms with Crippen molar-refractivity contribution in [2.45, 2.75) is 58.8 Å². The number of quaternary nitrogens is 1. The van der Waals surface area contributed by atoms with Gasteiger partial charge in [-0.3, -0.25) is 0 Å². The number of nitrogens with one attached hydrogen (secondary N) is 1.